The van der Waals surface area contributed by atoms with Crippen LogP contribution in [0.2, 0.25) is 0 Å². The van der Waals surface area contributed by atoms with E-state index in [0.717, 1.165) is 47.0 Å². The van der Waals surface area contributed by atoms with Gasteiger partial charge in [0, 0.05) is 48.6 Å². The van der Waals surface area contributed by atoms with Crippen LogP contribution in [0, 0.1) is 5.82 Å². The summed E-state index contributed by atoms with van der Waals surface area (Å²) in [6.45, 7) is 3.19. The number of aromatic amines is 1. The van der Waals surface area contributed by atoms with Crippen LogP contribution in [-0.2, 0) is 11.3 Å². The van der Waals surface area contributed by atoms with Crippen molar-refractivity contribution in [2.45, 2.75) is 6.54 Å². The third kappa shape index (κ3) is 3.89. The molecule has 1 saturated heterocycles. The first-order chi connectivity index (χ1) is 15.1. The number of halogens is 1. The number of anilines is 1. The average molecular weight is 420 g/mol. The molecule has 1 aromatic carbocycles. The van der Waals surface area contributed by atoms with Gasteiger partial charge in [-0.2, -0.15) is 0 Å². The van der Waals surface area contributed by atoms with E-state index in [1.165, 1.54) is 16.7 Å². The smallest absolute Gasteiger partial charge is 0.251 e. The van der Waals surface area contributed by atoms with Crippen LogP contribution in [0.5, 0.6) is 5.75 Å². The second kappa shape index (κ2) is 7.88. The van der Waals surface area contributed by atoms with Gasteiger partial charge < -0.3 is 24.3 Å². The van der Waals surface area contributed by atoms with Crippen molar-refractivity contribution in [3.05, 3.63) is 76.7 Å². The molecule has 4 heterocycles. The van der Waals surface area contributed by atoms with E-state index in [4.69, 9.17) is 4.74 Å². The van der Waals surface area contributed by atoms with Gasteiger partial charge in [-0.1, -0.05) is 0 Å². The number of hydrogen-bond acceptors (Lipinski definition) is 5. The average Bonchev–Trinajstić information content (AvgIpc) is 3.18. The predicted octanol–water partition coefficient (Wildman–Crippen LogP) is 3.12. The van der Waals surface area contributed by atoms with E-state index in [1.54, 1.807) is 12.3 Å². The van der Waals surface area contributed by atoms with Crippen molar-refractivity contribution in [2.24, 2.45) is 0 Å². The normalized spacial score (nSPS) is 14.3. The molecular formula is C23H21FN4O3. The molecule has 5 rings (SSSR count). The van der Waals surface area contributed by atoms with Crippen LogP contribution in [0.3, 0.4) is 0 Å². The van der Waals surface area contributed by atoms with E-state index >= 15 is 0 Å². The molecule has 0 aliphatic carbocycles. The van der Waals surface area contributed by atoms with Crippen molar-refractivity contribution in [2.75, 3.05) is 31.2 Å². The summed E-state index contributed by atoms with van der Waals surface area (Å²) in [6.07, 6.45) is 5.38. The van der Waals surface area contributed by atoms with Gasteiger partial charge in [-0.15, -0.1) is 0 Å². The summed E-state index contributed by atoms with van der Waals surface area (Å²) in [5.41, 5.74) is 3.75. The van der Waals surface area contributed by atoms with E-state index in [0.29, 0.717) is 18.8 Å². The second-order valence-electron chi connectivity index (χ2n) is 7.59. The zero-order valence-electron chi connectivity index (χ0n) is 16.7. The Bertz CT molecular complexity index is 1290. The van der Waals surface area contributed by atoms with Crippen LogP contribution in [0.1, 0.15) is 5.56 Å². The topological polar surface area (TPSA) is 83.4 Å². The summed E-state index contributed by atoms with van der Waals surface area (Å²) in [4.78, 5) is 22.7. The molecule has 158 valence electrons. The Balaban J connectivity index is 1.47. The highest BCUT2D eigenvalue weighted by Crippen LogP contribution is 2.30. The van der Waals surface area contributed by atoms with E-state index < -0.39 is 5.82 Å². The molecule has 0 bridgehead atoms. The first-order valence-electron chi connectivity index (χ1n) is 10.1. The summed E-state index contributed by atoms with van der Waals surface area (Å²) < 4.78 is 20.4. The van der Waals surface area contributed by atoms with E-state index in [-0.39, 0.29) is 17.9 Å². The molecule has 0 atom stereocenters. The standard InChI is InChI=1S/C23H21FN4O3/c24-17-7-15(8-19(29)10-17)14-28-2-1-16(9-22(28)30)21-13-26-23-20(21)11-18(12-25-23)27-3-5-31-6-4-27/h1-2,7-13,29H,3-6,14H2,(H,25,26). The summed E-state index contributed by atoms with van der Waals surface area (Å²) in [6, 6.07) is 9.28. The predicted molar refractivity (Wildman–Crippen MR) is 116 cm³/mol. The number of nitrogens with zero attached hydrogens (tertiary/aromatic N) is 3. The molecule has 3 aromatic heterocycles. The molecule has 1 aliphatic heterocycles. The molecule has 4 aromatic rings. The van der Waals surface area contributed by atoms with Crippen LogP contribution in [0.4, 0.5) is 10.1 Å². The summed E-state index contributed by atoms with van der Waals surface area (Å²) >= 11 is 0. The Labute approximate surface area is 177 Å². The number of phenolic OH excluding ortho intramolecular Hbond substituents is 1. The number of fused-ring (bicyclic) bond motifs is 1. The highest BCUT2D eigenvalue weighted by molar-refractivity contribution is 5.95. The molecule has 8 heteroatoms. The molecule has 0 radical (unpaired) electrons. The largest absolute Gasteiger partial charge is 0.508 e. The zero-order valence-corrected chi connectivity index (χ0v) is 16.7. The van der Waals surface area contributed by atoms with Gasteiger partial charge in [0.25, 0.3) is 5.56 Å². The van der Waals surface area contributed by atoms with Crippen molar-refractivity contribution in [1.82, 2.24) is 14.5 Å². The highest BCUT2D eigenvalue weighted by Gasteiger charge is 2.15. The van der Waals surface area contributed by atoms with Gasteiger partial charge in [-0.25, -0.2) is 9.37 Å². The minimum Gasteiger partial charge on any atom is -0.508 e. The van der Waals surface area contributed by atoms with E-state index in [1.807, 2.05) is 18.5 Å². The monoisotopic (exact) mass is 420 g/mol. The van der Waals surface area contributed by atoms with Crippen LogP contribution in [0.15, 0.2) is 59.8 Å². The maximum absolute atomic E-state index is 13.5. The molecule has 0 saturated carbocycles. The number of aromatic hydroxyl groups is 1. The van der Waals surface area contributed by atoms with Crippen LogP contribution >= 0.6 is 0 Å². The minimum atomic E-state index is -0.540. The first kappa shape index (κ1) is 19.3. The number of morpholine rings is 1. The fourth-order valence-electron chi connectivity index (χ4n) is 3.95. The number of rotatable bonds is 4. The summed E-state index contributed by atoms with van der Waals surface area (Å²) in [7, 11) is 0. The highest BCUT2D eigenvalue weighted by atomic mass is 19.1. The number of nitrogens with one attached hydrogen (secondary N) is 1. The number of phenols is 1. The molecule has 2 N–H and O–H groups in total. The SMILES string of the molecule is O=c1cc(-c2c[nH]c3ncc(N4CCOCC4)cc23)ccn1Cc1cc(O)cc(F)c1. The number of H-pyrrole nitrogens is 1. The lowest BCUT2D eigenvalue weighted by Crippen LogP contribution is -2.36. The van der Waals surface area contributed by atoms with Crippen molar-refractivity contribution in [3.63, 3.8) is 0 Å². The van der Waals surface area contributed by atoms with Crippen LogP contribution < -0.4 is 10.5 Å². The zero-order chi connectivity index (χ0) is 21.4. The van der Waals surface area contributed by atoms with Gasteiger partial charge in [0.05, 0.1) is 31.6 Å². The number of aromatic nitrogens is 3. The van der Waals surface area contributed by atoms with Gasteiger partial charge in [0.2, 0.25) is 0 Å². The van der Waals surface area contributed by atoms with Crippen molar-refractivity contribution in [1.29, 1.82) is 0 Å². The molecule has 31 heavy (non-hydrogen) atoms. The van der Waals surface area contributed by atoms with Crippen LogP contribution in [-0.4, -0.2) is 45.9 Å². The Hall–Kier alpha value is -3.65. The number of benzene rings is 1. The van der Waals surface area contributed by atoms with Gasteiger partial charge in [0.1, 0.15) is 17.2 Å². The quantitative estimate of drug-likeness (QED) is 0.530. The van der Waals surface area contributed by atoms with Gasteiger partial charge in [-0.05, 0) is 35.4 Å². The van der Waals surface area contributed by atoms with Gasteiger partial charge in [-0.3, -0.25) is 4.79 Å². The molecule has 1 fully saturated rings. The fourth-order valence-corrected chi connectivity index (χ4v) is 3.95. The molecule has 7 nitrogen and oxygen atoms in total. The van der Waals surface area contributed by atoms with E-state index in [2.05, 4.69) is 20.9 Å². The Morgan fingerprint density at radius 2 is 2.00 bits per heavy atom. The molecular weight excluding hydrogens is 399 g/mol. The Morgan fingerprint density at radius 1 is 1.16 bits per heavy atom. The van der Waals surface area contributed by atoms with E-state index in [9.17, 15) is 14.3 Å². The summed E-state index contributed by atoms with van der Waals surface area (Å²) in [5.74, 6) is -0.705. The lowest BCUT2D eigenvalue weighted by Gasteiger charge is -2.28. The number of pyridine rings is 2. The van der Waals surface area contributed by atoms with Gasteiger partial charge >= 0.3 is 0 Å². The Morgan fingerprint density at radius 3 is 2.77 bits per heavy atom. The maximum Gasteiger partial charge on any atom is 0.251 e. The first-order valence-corrected chi connectivity index (χ1v) is 10.1. The summed E-state index contributed by atoms with van der Waals surface area (Å²) in [5, 5.41) is 10.5. The lowest BCUT2D eigenvalue weighted by molar-refractivity contribution is 0.122. The minimum absolute atomic E-state index is 0.165. The molecule has 1 aliphatic rings. The van der Waals surface area contributed by atoms with Crippen LogP contribution in [0.25, 0.3) is 22.2 Å². The third-order valence-electron chi connectivity index (χ3n) is 5.50. The third-order valence-corrected chi connectivity index (χ3v) is 5.50. The molecule has 0 unspecified atom stereocenters. The fraction of sp³-hybridized carbons (Fsp3) is 0.217. The maximum atomic E-state index is 13.5. The number of ether oxygens (including phenoxy) is 1. The van der Waals surface area contributed by atoms with Gasteiger partial charge in [0.15, 0.2) is 0 Å². The van der Waals surface area contributed by atoms with Crippen molar-refractivity contribution in [3.8, 4) is 16.9 Å². The molecule has 0 spiro atoms. The Kier molecular flexibility index (Phi) is 4.91. The van der Waals surface area contributed by atoms with Crippen molar-refractivity contribution < 1.29 is 14.2 Å². The number of hydrogen-bond donors (Lipinski definition) is 2. The lowest BCUT2D eigenvalue weighted by atomic mass is 10.1. The van der Waals surface area contributed by atoms with Crippen molar-refractivity contribution >= 4 is 16.7 Å². The second-order valence-corrected chi connectivity index (χ2v) is 7.59. The molecule has 0 amide bonds.